The summed E-state index contributed by atoms with van der Waals surface area (Å²) < 4.78 is 10.7. The fraction of sp³-hybridized carbons (Fsp3) is 0.469. The van der Waals surface area contributed by atoms with Crippen LogP contribution in [0.4, 0.5) is 0 Å². The zero-order chi connectivity index (χ0) is 24.9. The molecular formula is C32H36O4. The molecule has 36 heavy (non-hydrogen) atoms. The number of aromatic carboxylic acids is 1. The van der Waals surface area contributed by atoms with Crippen molar-refractivity contribution in [2.45, 2.75) is 63.7 Å². The predicted molar refractivity (Wildman–Crippen MR) is 143 cm³/mol. The smallest absolute Gasteiger partial charge is 0.340 e. The molecule has 0 radical (unpaired) electrons. The van der Waals surface area contributed by atoms with Crippen molar-refractivity contribution in [1.29, 1.82) is 0 Å². The van der Waals surface area contributed by atoms with Crippen LogP contribution in [0.2, 0.25) is 0 Å². The molecule has 0 saturated heterocycles. The molecule has 1 N–H and O–H groups in total. The summed E-state index contributed by atoms with van der Waals surface area (Å²) in [6.45, 7) is 2.14. The van der Waals surface area contributed by atoms with E-state index in [0.29, 0.717) is 11.2 Å². The second-order valence-electron chi connectivity index (χ2n) is 11.6. The third-order valence-electron chi connectivity index (χ3n) is 9.10. The van der Waals surface area contributed by atoms with Crippen LogP contribution in [0.3, 0.4) is 0 Å². The minimum Gasteiger partial charge on any atom is -0.478 e. The quantitative estimate of drug-likeness (QED) is 0.334. The number of benzene rings is 3. The van der Waals surface area contributed by atoms with Gasteiger partial charge >= 0.3 is 5.97 Å². The number of fused-ring (bicyclic) bond motifs is 1. The van der Waals surface area contributed by atoms with Crippen LogP contribution in [0.5, 0.6) is 5.75 Å². The molecule has 3 aromatic rings. The first-order valence-electron chi connectivity index (χ1n) is 13.5. The summed E-state index contributed by atoms with van der Waals surface area (Å²) in [5, 5.41) is 12.6. The highest BCUT2D eigenvalue weighted by Gasteiger charge is 2.51. The third-order valence-corrected chi connectivity index (χ3v) is 9.10. The van der Waals surface area contributed by atoms with E-state index in [0.717, 1.165) is 47.3 Å². The first kappa shape index (κ1) is 23.5. The highest BCUT2D eigenvalue weighted by atomic mass is 16.7. The van der Waals surface area contributed by atoms with Crippen molar-refractivity contribution >= 4 is 16.7 Å². The molecule has 4 heteroatoms. The number of aryl methyl sites for hydroxylation is 1. The van der Waals surface area contributed by atoms with E-state index in [-0.39, 0.29) is 12.4 Å². The van der Waals surface area contributed by atoms with Gasteiger partial charge in [-0.3, -0.25) is 0 Å². The largest absolute Gasteiger partial charge is 0.478 e. The molecule has 0 amide bonds. The molecule has 7 rings (SSSR count). The number of hydrogen-bond donors (Lipinski definition) is 1. The fourth-order valence-corrected chi connectivity index (χ4v) is 8.09. The summed E-state index contributed by atoms with van der Waals surface area (Å²) in [4.78, 5) is 12.5. The van der Waals surface area contributed by atoms with Gasteiger partial charge in [-0.05, 0) is 108 Å². The summed E-state index contributed by atoms with van der Waals surface area (Å²) in [6, 6.07) is 17.2. The van der Waals surface area contributed by atoms with Gasteiger partial charge in [-0.1, -0.05) is 49.7 Å². The lowest BCUT2D eigenvalue weighted by Crippen LogP contribution is -2.48. The standard InChI is InChI=1S/C32H36O4/c1-3-4-24-8-10-28(36-19-35-2)30(31(33)34)29(24)25-6-5-23-7-9-27(15-26(23)14-25)32-16-20-11-21(17-32)13-22(12-20)18-32/h5-10,14-15,20-22H,3-4,11-13,16-19H2,1-2H3,(H,33,34). The monoisotopic (exact) mass is 484 g/mol. The number of hydrogen-bond acceptors (Lipinski definition) is 3. The molecule has 0 unspecified atom stereocenters. The lowest BCUT2D eigenvalue weighted by Gasteiger charge is -2.57. The van der Waals surface area contributed by atoms with Crippen molar-refractivity contribution in [3.8, 4) is 16.9 Å². The van der Waals surface area contributed by atoms with Gasteiger partial charge in [0.1, 0.15) is 11.3 Å². The Kier molecular flexibility index (Phi) is 6.03. The maximum Gasteiger partial charge on any atom is 0.340 e. The summed E-state index contributed by atoms with van der Waals surface area (Å²) in [6.07, 6.45) is 10.1. The Bertz CT molecular complexity index is 1270. The maximum atomic E-state index is 12.5. The van der Waals surface area contributed by atoms with E-state index in [9.17, 15) is 9.90 Å². The molecule has 188 valence electrons. The van der Waals surface area contributed by atoms with Gasteiger partial charge < -0.3 is 14.6 Å². The van der Waals surface area contributed by atoms with Crippen molar-refractivity contribution in [3.05, 3.63) is 65.2 Å². The van der Waals surface area contributed by atoms with Crippen LogP contribution in [0, 0.1) is 17.8 Å². The topological polar surface area (TPSA) is 55.8 Å². The summed E-state index contributed by atoms with van der Waals surface area (Å²) in [5.74, 6) is 2.09. The Morgan fingerprint density at radius 3 is 2.28 bits per heavy atom. The molecule has 4 aliphatic rings. The van der Waals surface area contributed by atoms with E-state index >= 15 is 0 Å². The molecule has 0 heterocycles. The van der Waals surface area contributed by atoms with Gasteiger partial charge in [0, 0.05) is 12.7 Å². The lowest BCUT2D eigenvalue weighted by atomic mass is 9.48. The average Bonchev–Trinajstić information content (AvgIpc) is 2.86. The van der Waals surface area contributed by atoms with Gasteiger partial charge in [0.25, 0.3) is 0 Å². The Balaban J connectivity index is 1.46. The molecule has 4 nitrogen and oxygen atoms in total. The molecule has 3 aromatic carbocycles. The van der Waals surface area contributed by atoms with E-state index in [1.54, 1.807) is 6.07 Å². The summed E-state index contributed by atoms with van der Waals surface area (Å²) in [7, 11) is 1.54. The van der Waals surface area contributed by atoms with Crippen LogP contribution >= 0.6 is 0 Å². The van der Waals surface area contributed by atoms with Gasteiger partial charge in [-0.25, -0.2) is 4.79 Å². The van der Waals surface area contributed by atoms with Crippen LogP contribution in [0.25, 0.3) is 21.9 Å². The van der Waals surface area contributed by atoms with Crippen molar-refractivity contribution in [2.24, 2.45) is 17.8 Å². The van der Waals surface area contributed by atoms with Crippen molar-refractivity contribution in [1.82, 2.24) is 0 Å². The van der Waals surface area contributed by atoms with Gasteiger partial charge in [-0.15, -0.1) is 0 Å². The van der Waals surface area contributed by atoms with Crippen LogP contribution < -0.4 is 4.74 Å². The van der Waals surface area contributed by atoms with Crippen molar-refractivity contribution < 1.29 is 19.4 Å². The van der Waals surface area contributed by atoms with E-state index in [1.165, 1.54) is 62.0 Å². The van der Waals surface area contributed by atoms with Crippen LogP contribution in [0.1, 0.15) is 73.4 Å². The predicted octanol–water partition coefficient (Wildman–Crippen LogP) is 7.61. The van der Waals surface area contributed by atoms with E-state index in [4.69, 9.17) is 9.47 Å². The van der Waals surface area contributed by atoms with Crippen LogP contribution in [-0.4, -0.2) is 25.0 Å². The maximum absolute atomic E-state index is 12.5. The van der Waals surface area contributed by atoms with Gasteiger partial charge in [-0.2, -0.15) is 0 Å². The number of ether oxygens (including phenoxy) is 2. The van der Waals surface area contributed by atoms with Gasteiger partial charge in [0.2, 0.25) is 0 Å². The molecule has 4 bridgehead atoms. The molecule has 4 aliphatic carbocycles. The highest BCUT2D eigenvalue weighted by molar-refractivity contribution is 6.01. The fourth-order valence-electron chi connectivity index (χ4n) is 8.09. The number of methoxy groups -OCH3 is 1. The minimum atomic E-state index is -0.975. The Morgan fingerprint density at radius 2 is 1.64 bits per heavy atom. The second-order valence-corrected chi connectivity index (χ2v) is 11.6. The van der Waals surface area contributed by atoms with Gasteiger partial charge in [0.05, 0.1) is 0 Å². The first-order chi connectivity index (χ1) is 17.5. The molecule has 0 aliphatic heterocycles. The van der Waals surface area contributed by atoms with E-state index < -0.39 is 5.97 Å². The van der Waals surface area contributed by atoms with Crippen molar-refractivity contribution in [3.63, 3.8) is 0 Å². The van der Waals surface area contributed by atoms with Crippen LogP contribution in [-0.2, 0) is 16.6 Å². The Hall–Kier alpha value is -2.85. The second kappa shape index (κ2) is 9.23. The molecule has 0 aromatic heterocycles. The molecular weight excluding hydrogens is 448 g/mol. The Morgan fingerprint density at radius 1 is 0.944 bits per heavy atom. The number of carboxylic acid groups (broad SMARTS) is 1. The third kappa shape index (κ3) is 4.00. The molecule has 4 saturated carbocycles. The first-order valence-corrected chi connectivity index (χ1v) is 13.5. The van der Waals surface area contributed by atoms with E-state index in [2.05, 4.69) is 43.3 Å². The average molecular weight is 485 g/mol. The van der Waals surface area contributed by atoms with Gasteiger partial charge in [0.15, 0.2) is 6.79 Å². The minimum absolute atomic E-state index is 0.0129. The normalized spacial score (nSPS) is 26.4. The van der Waals surface area contributed by atoms with Crippen molar-refractivity contribution in [2.75, 3.05) is 13.9 Å². The highest BCUT2D eigenvalue weighted by Crippen LogP contribution is 2.60. The summed E-state index contributed by atoms with van der Waals surface area (Å²) in [5.41, 5.74) is 4.79. The number of carboxylic acids is 1. The zero-order valence-electron chi connectivity index (χ0n) is 21.4. The van der Waals surface area contributed by atoms with E-state index in [1.807, 2.05) is 6.07 Å². The SMILES string of the molecule is CCCc1ccc(OCOC)c(C(=O)O)c1-c1ccc2ccc(C34CC5CC(CC(C5)C3)C4)cc2c1. The van der Waals surface area contributed by atoms with Crippen LogP contribution in [0.15, 0.2) is 48.5 Å². The number of carbonyl (C=O) groups is 1. The Labute approximate surface area is 213 Å². The zero-order valence-corrected chi connectivity index (χ0v) is 21.4. The summed E-state index contributed by atoms with van der Waals surface area (Å²) >= 11 is 0. The molecule has 4 fully saturated rings. The molecule has 0 spiro atoms. The number of rotatable bonds is 8. The lowest BCUT2D eigenvalue weighted by molar-refractivity contribution is -0.00513. The molecule has 0 atom stereocenters.